The van der Waals surface area contributed by atoms with Crippen LogP contribution in [0.1, 0.15) is 57.3 Å². The van der Waals surface area contributed by atoms with Crippen LogP contribution in [0.3, 0.4) is 0 Å². The quantitative estimate of drug-likeness (QED) is 0.801. The van der Waals surface area contributed by atoms with Gasteiger partial charge in [-0.25, -0.2) is 4.98 Å². The van der Waals surface area contributed by atoms with E-state index < -0.39 is 0 Å². The highest BCUT2D eigenvalue weighted by Crippen LogP contribution is 2.48. The van der Waals surface area contributed by atoms with Crippen LogP contribution in [0.5, 0.6) is 0 Å². The molecule has 3 aliphatic rings. The van der Waals surface area contributed by atoms with Crippen molar-refractivity contribution in [1.82, 2.24) is 14.6 Å². The summed E-state index contributed by atoms with van der Waals surface area (Å²) in [6.45, 7) is 3.18. The molecule has 2 atom stereocenters. The lowest BCUT2D eigenvalue weighted by Crippen LogP contribution is -2.36. The van der Waals surface area contributed by atoms with Gasteiger partial charge in [-0.2, -0.15) is 5.06 Å². The molecule has 1 saturated carbocycles. The molecule has 2 aliphatic heterocycles. The Labute approximate surface area is 131 Å². The summed E-state index contributed by atoms with van der Waals surface area (Å²) in [6.07, 6.45) is 7.67. The summed E-state index contributed by atoms with van der Waals surface area (Å²) >= 11 is 0. The first-order chi connectivity index (χ1) is 10.7. The summed E-state index contributed by atoms with van der Waals surface area (Å²) in [5.41, 5.74) is 2.30. The Bertz CT molecular complexity index is 718. The molecule has 0 N–H and O–H groups in total. The van der Waals surface area contributed by atoms with Gasteiger partial charge in [-0.05, 0) is 31.9 Å². The average Bonchev–Trinajstić information content (AvgIpc) is 3.05. The van der Waals surface area contributed by atoms with Crippen LogP contribution in [0, 0.1) is 0 Å². The van der Waals surface area contributed by atoms with Crippen LogP contribution >= 0.6 is 0 Å². The summed E-state index contributed by atoms with van der Waals surface area (Å²) in [6, 6.07) is 9.40. The van der Waals surface area contributed by atoms with E-state index in [0.29, 0.717) is 12.1 Å². The van der Waals surface area contributed by atoms with Crippen LogP contribution in [0.2, 0.25) is 0 Å². The van der Waals surface area contributed by atoms with E-state index in [2.05, 4.69) is 40.8 Å². The Morgan fingerprint density at radius 3 is 2.86 bits per heavy atom. The molecule has 116 valence electrons. The van der Waals surface area contributed by atoms with Gasteiger partial charge < -0.3 is 4.57 Å². The van der Waals surface area contributed by atoms with Gasteiger partial charge in [0.1, 0.15) is 11.4 Å². The van der Waals surface area contributed by atoms with Gasteiger partial charge in [0.15, 0.2) is 0 Å². The van der Waals surface area contributed by atoms with Crippen molar-refractivity contribution < 1.29 is 4.84 Å². The molecule has 0 unspecified atom stereocenters. The summed E-state index contributed by atoms with van der Waals surface area (Å²) in [5, 5.41) is 2.32. The van der Waals surface area contributed by atoms with E-state index in [1.54, 1.807) is 0 Å². The van der Waals surface area contributed by atoms with Crippen molar-refractivity contribution >= 4 is 11.0 Å². The van der Waals surface area contributed by atoms with Gasteiger partial charge in [0.25, 0.3) is 0 Å². The Kier molecular flexibility index (Phi) is 2.71. The van der Waals surface area contributed by atoms with E-state index in [9.17, 15) is 0 Å². The standard InChI is InChI=1S/C18H23N3O/c1-18-11-16(21(22-18)13-7-3-2-4-8-13)17-19-14-9-5-6-10-15(14)20(17)12-18/h5-6,9-10,13,16H,2-4,7-8,11-12H2,1H3/t16-,18+/m1/s1. The molecular weight excluding hydrogens is 274 g/mol. The number of hydrogen-bond donors (Lipinski definition) is 0. The van der Waals surface area contributed by atoms with Crippen molar-refractivity contribution in [3.05, 3.63) is 30.1 Å². The zero-order chi connectivity index (χ0) is 14.7. The molecule has 5 rings (SSSR count). The number of para-hydroxylation sites is 2. The number of imidazole rings is 1. The van der Waals surface area contributed by atoms with E-state index >= 15 is 0 Å². The molecule has 4 heteroatoms. The second kappa shape index (κ2) is 4.56. The molecule has 1 aromatic heterocycles. The van der Waals surface area contributed by atoms with Crippen LogP contribution in [0.25, 0.3) is 11.0 Å². The van der Waals surface area contributed by atoms with Crippen molar-refractivity contribution in [2.75, 3.05) is 0 Å². The summed E-state index contributed by atoms with van der Waals surface area (Å²) in [7, 11) is 0. The number of hydrogen-bond acceptors (Lipinski definition) is 3. The largest absolute Gasteiger partial charge is 0.324 e. The van der Waals surface area contributed by atoms with Gasteiger partial charge in [0.05, 0.1) is 23.6 Å². The molecule has 2 fully saturated rings. The van der Waals surface area contributed by atoms with Crippen LogP contribution in [-0.2, 0) is 11.4 Å². The summed E-state index contributed by atoms with van der Waals surface area (Å²) < 4.78 is 2.40. The average molecular weight is 297 g/mol. The molecule has 1 saturated heterocycles. The lowest BCUT2D eigenvalue weighted by Gasteiger charge is -2.33. The zero-order valence-electron chi connectivity index (χ0n) is 13.2. The normalized spacial score (nSPS) is 32.5. The van der Waals surface area contributed by atoms with Crippen molar-refractivity contribution in [3.8, 4) is 0 Å². The first-order valence-electron chi connectivity index (χ1n) is 8.66. The van der Waals surface area contributed by atoms with Crippen LogP contribution in [-0.4, -0.2) is 26.3 Å². The number of fused-ring (bicyclic) bond motifs is 6. The van der Waals surface area contributed by atoms with E-state index in [-0.39, 0.29) is 5.60 Å². The second-order valence-corrected chi connectivity index (χ2v) is 7.46. The summed E-state index contributed by atoms with van der Waals surface area (Å²) in [4.78, 5) is 11.4. The van der Waals surface area contributed by atoms with E-state index in [4.69, 9.17) is 9.82 Å². The number of hydroxylamine groups is 2. The topological polar surface area (TPSA) is 30.3 Å². The lowest BCUT2D eigenvalue weighted by atomic mass is 9.91. The molecule has 0 radical (unpaired) electrons. The second-order valence-electron chi connectivity index (χ2n) is 7.46. The SMILES string of the molecule is C[C@]12C[C@H](c3nc4ccccc4n3C1)N(C1CCCCC1)O2. The lowest BCUT2D eigenvalue weighted by molar-refractivity contribution is -0.225. The van der Waals surface area contributed by atoms with E-state index in [1.165, 1.54) is 43.4 Å². The van der Waals surface area contributed by atoms with Crippen molar-refractivity contribution in [1.29, 1.82) is 0 Å². The monoisotopic (exact) mass is 297 g/mol. The highest BCUT2D eigenvalue weighted by Gasteiger charge is 2.51. The molecule has 1 aliphatic carbocycles. The Hall–Kier alpha value is -1.39. The maximum Gasteiger partial charge on any atom is 0.129 e. The third kappa shape index (κ3) is 1.80. The first-order valence-corrected chi connectivity index (χ1v) is 8.66. The number of nitrogens with zero attached hydrogens (tertiary/aromatic N) is 3. The van der Waals surface area contributed by atoms with E-state index in [0.717, 1.165) is 18.5 Å². The van der Waals surface area contributed by atoms with Gasteiger partial charge in [0, 0.05) is 12.5 Å². The Morgan fingerprint density at radius 2 is 2.00 bits per heavy atom. The molecule has 22 heavy (non-hydrogen) atoms. The van der Waals surface area contributed by atoms with Crippen molar-refractivity contribution in [2.24, 2.45) is 0 Å². The van der Waals surface area contributed by atoms with Crippen molar-refractivity contribution in [3.63, 3.8) is 0 Å². The molecule has 1 aromatic carbocycles. The zero-order valence-corrected chi connectivity index (χ0v) is 13.2. The number of aromatic nitrogens is 2. The maximum atomic E-state index is 6.47. The highest BCUT2D eigenvalue weighted by atomic mass is 16.7. The minimum Gasteiger partial charge on any atom is -0.324 e. The van der Waals surface area contributed by atoms with Crippen LogP contribution in [0.15, 0.2) is 24.3 Å². The Morgan fingerprint density at radius 1 is 1.18 bits per heavy atom. The molecule has 2 bridgehead atoms. The van der Waals surface area contributed by atoms with Gasteiger partial charge in [-0.3, -0.25) is 4.84 Å². The smallest absolute Gasteiger partial charge is 0.129 e. The van der Waals surface area contributed by atoms with Gasteiger partial charge in [-0.1, -0.05) is 31.4 Å². The maximum absolute atomic E-state index is 6.47. The van der Waals surface area contributed by atoms with E-state index in [1.807, 2.05) is 0 Å². The minimum atomic E-state index is -0.0708. The van der Waals surface area contributed by atoms with Gasteiger partial charge >= 0.3 is 0 Å². The highest BCUT2D eigenvalue weighted by molar-refractivity contribution is 5.76. The Balaban J connectivity index is 1.60. The molecule has 2 aromatic rings. The number of rotatable bonds is 1. The summed E-state index contributed by atoms with van der Waals surface area (Å²) in [5.74, 6) is 1.21. The molecule has 0 spiro atoms. The molecule has 3 heterocycles. The van der Waals surface area contributed by atoms with Crippen molar-refractivity contribution in [2.45, 2.75) is 69.7 Å². The fraction of sp³-hybridized carbons (Fsp3) is 0.611. The predicted octanol–water partition coefficient (Wildman–Crippen LogP) is 3.82. The fourth-order valence-corrected chi connectivity index (χ4v) is 4.67. The number of benzene rings is 1. The molecule has 4 nitrogen and oxygen atoms in total. The third-order valence-electron chi connectivity index (χ3n) is 5.67. The third-order valence-corrected chi connectivity index (χ3v) is 5.67. The fourth-order valence-electron chi connectivity index (χ4n) is 4.67. The van der Waals surface area contributed by atoms with Gasteiger partial charge in [-0.15, -0.1) is 0 Å². The molecular formula is C18H23N3O. The molecule has 0 amide bonds. The first kappa shape index (κ1) is 13.1. The minimum absolute atomic E-state index is 0.0708. The predicted molar refractivity (Wildman–Crippen MR) is 85.3 cm³/mol. The van der Waals surface area contributed by atoms with Crippen LogP contribution < -0.4 is 0 Å². The van der Waals surface area contributed by atoms with Gasteiger partial charge in [0.2, 0.25) is 0 Å². The van der Waals surface area contributed by atoms with Crippen LogP contribution in [0.4, 0.5) is 0 Å².